The van der Waals surface area contributed by atoms with E-state index in [0.717, 1.165) is 6.42 Å². The Morgan fingerprint density at radius 2 is 1.82 bits per heavy atom. The molecule has 4 nitrogen and oxygen atoms in total. The normalized spacial score (nSPS) is 10.1. The number of hydrogen-bond acceptors (Lipinski definition) is 3. The summed E-state index contributed by atoms with van der Waals surface area (Å²) in [6, 6.07) is 13.4. The number of carbonyl (C=O) groups excluding carboxylic acids is 2. The first-order valence-corrected chi connectivity index (χ1v) is 7.32. The predicted molar refractivity (Wildman–Crippen MR) is 86.4 cm³/mol. The second-order valence-corrected chi connectivity index (χ2v) is 5.08. The fourth-order valence-corrected chi connectivity index (χ4v) is 2.09. The first-order chi connectivity index (χ1) is 10.6. The first-order valence-electron chi connectivity index (χ1n) is 6.95. The van der Waals surface area contributed by atoms with Crippen molar-refractivity contribution < 1.29 is 14.3 Å². The van der Waals surface area contributed by atoms with Gasteiger partial charge in [0.1, 0.15) is 0 Å². The first kappa shape index (κ1) is 16.0. The van der Waals surface area contributed by atoms with E-state index in [9.17, 15) is 9.59 Å². The fourth-order valence-electron chi connectivity index (χ4n) is 1.90. The second kappa shape index (κ2) is 7.61. The molecule has 2 aromatic rings. The standard InChI is InChI=1S/C17H16ClNO3/c1-2-10-22-17(21)15-9-4-3-8-14(15)16(20)19-13-7-5-6-12(18)11-13/h3-9,11H,2,10H2,1H3,(H,19,20). The summed E-state index contributed by atoms with van der Waals surface area (Å²) in [6.45, 7) is 2.23. The molecule has 0 unspecified atom stereocenters. The molecule has 0 aromatic heterocycles. The highest BCUT2D eigenvalue weighted by molar-refractivity contribution is 6.31. The van der Waals surface area contributed by atoms with Gasteiger partial charge < -0.3 is 10.1 Å². The summed E-state index contributed by atoms with van der Waals surface area (Å²) in [6.07, 6.45) is 0.725. The Balaban J connectivity index is 2.21. The van der Waals surface area contributed by atoms with Crippen LogP contribution in [0.15, 0.2) is 48.5 Å². The number of halogens is 1. The molecule has 0 heterocycles. The van der Waals surface area contributed by atoms with E-state index in [1.165, 1.54) is 0 Å². The molecule has 0 aliphatic heterocycles. The number of ether oxygens (including phenoxy) is 1. The van der Waals surface area contributed by atoms with Gasteiger partial charge in [0.05, 0.1) is 17.7 Å². The highest BCUT2D eigenvalue weighted by atomic mass is 35.5. The number of nitrogens with one attached hydrogen (secondary N) is 1. The van der Waals surface area contributed by atoms with Crippen molar-refractivity contribution in [2.45, 2.75) is 13.3 Å². The van der Waals surface area contributed by atoms with Crippen molar-refractivity contribution in [2.24, 2.45) is 0 Å². The molecule has 1 N–H and O–H groups in total. The average Bonchev–Trinajstić information content (AvgIpc) is 2.52. The lowest BCUT2D eigenvalue weighted by Crippen LogP contribution is -2.17. The van der Waals surface area contributed by atoms with Crippen LogP contribution in [0.4, 0.5) is 5.69 Å². The van der Waals surface area contributed by atoms with E-state index in [-0.39, 0.29) is 17.0 Å². The van der Waals surface area contributed by atoms with Gasteiger partial charge in [0, 0.05) is 10.7 Å². The van der Waals surface area contributed by atoms with Gasteiger partial charge in [-0.05, 0) is 36.8 Å². The van der Waals surface area contributed by atoms with E-state index < -0.39 is 5.97 Å². The highest BCUT2D eigenvalue weighted by Gasteiger charge is 2.17. The number of rotatable bonds is 5. The Labute approximate surface area is 134 Å². The average molecular weight is 318 g/mol. The maximum absolute atomic E-state index is 12.4. The van der Waals surface area contributed by atoms with Crippen molar-refractivity contribution >= 4 is 29.2 Å². The van der Waals surface area contributed by atoms with Crippen molar-refractivity contribution in [3.05, 3.63) is 64.7 Å². The minimum atomic E-state index is -0.501. The number of esters is 1. The summed E-state index contributed by atoms with van der Waals surface area (Å²) in [5.74, 6) is -0.884. The summed E-state index contributed by atoms with van der Waals surface area (Å²) >= 11 is 5.89. The summed E-state index contributed by atoms with van der Waals surface area (Å²) < 4.78 is 5.10. The Morgan fingerprint density at radius 3 is 2.50 bits per heavy atom. The predicted octanol–water partition coefficient (Wildman–Crippen LogP) is 4.16. The molecule has 114 valence electrons. The van der Waals surface area contributed by atoms with Crippen LogP contribution in [0, 0.1) is 0 Å². The number of benzene rings is 2. The third kappa shape index (κ3) is 4.09. The van der Waals surface area contributed by atoms with Gasteiger partial charge >= 0.3 is 5.97 Å². The fraction of sp³-hybridized carbons (Fsp3) is 0.176. The zero-order valence-electron chi connectivity index (χ0n) is 12.1. The van der Waals surface area contributed by atoms with Gasteiger partial charge in [0.25, 0.3) is 5.91 Å². The largest absolute Gasteiger partial charge is 0.462 e. The van der Waals surface area contributed by atoms with Crippen LogP contribution in [-0.2, 0) is 4.74 Å². The molecule has 22 heavy (non-hydrogen) atoms. The summed E-state index contributed by atoms with van der Waals surface area (Å²) in [5.41, 5.74) is 1.08. The van der Waals surface area contributed by atoms with Crippen LogP contribution in [0.5, 0.6) is 0 Å². The number of carbonyl (C=O) groups is 2. The van der Waals surface area contributed by atoms with Crippen LogP contribution < -0.4 is 5.32 Å². The van der Waals surface area contributed by atoms with E-state index in [1.54, 1.807) is 48.5 Å². The zero-order chi connectivity index (χ0) is 15.9. The molecule has 0 aliphatic rings. The van der Waals surface area contributed by atoms with Crippen LogP contribution in [0.3, 0.4) is 0 Å². The Morgan fingerprint density at radius 1 is 1.09 bits per heavy atom. The van der Waals surface area contributed by atoms with Gasteiger partial charge in [-0.15, -0.1) is 0 Å². The van der Waals surface area contributed by atoms with E-state index in [2.05, 4.69) is 5.32 Å². The number of amides is 1. The van der Waals surface area contributed by atoms with E-state index >= 15 is 0 Å². The smallest absolute Gasteiger partial charge is 0.338 e. The van der Waals surface area contributed by atoms with Crippen molar-refractivity contribution in [3.8, 4) is 0 Å². The molecule has 0 saturated heterocycles. The van der Waals surface area contributed by atoms with Crippen LogP contribution in [0.1, 0.15) is 34.1 Å². The minimum Gasteiger partial charge on any atom is -0.462 e. The Hall–Kier alpha value is -2.33. The van der Waals surface area contributed by atoms with Crippen molar-refractivity contribution in [1.82, 2.24) is 0 Å². The van der Waals surface area contributed by atoms with E-state index in [1.807, 2.05) is 6.92 Å². The third-order valence-electron chi connectivity index (χ3n) is 2.91. The summed E-state index contributed by atoms with van der Waals surface area (Å²) in [4.78, 5) is 24.4. The maximum Gasteiger partial charge on any atom is 0.338 e. The van der Waals surface area contributed by atoms with Gasteiger partial charge in [0.2, 0.25) is 0 Å². The lowest BCUT2D eigenvalue weighted by Gasteiger charge is -2.10. The molecule has 0 aliphatic carbocycles. The van der Waals surface area contributed by atoms with Gasteiger partial charge in [0.15, 0.2) is 0 Å². The zero-order valence-corrected chi connectivity index (χ0v) is 12.9. The van der Waals surface area contributed by atoms with Gasteiger partial charge in [-0.1, -0.05) is 36.7 Å². The van der Waals surface area contributed by atoms with Crippen LogP contribution in [-0.4, -0.2) is 18.5 Å². The third-order valence-corrected chi connectivity index (χ3v) is 3.15. The number of hydrogen-bond donors (Lipinski definition) is 1. The molecule has 5 heteroatoms. The van der Waals surface area contributed by atoms with Crippen molar-refractivity contribution in [2.75, 3.05) is 11.9 Å². The van der Waals surface area contributed by atoms with Crippen LogP contribution in [0.25, 0.3) is 0 Å². The van der Waals surface area contributed by atoms with Crippen molar-refractivity contribution in [3.63, 3.8) is 0 Å². The van der Waals surface area contributed by atoms with Gasteiger partial charge in [-0.25, -0.2) is 4.79 Å². The molecule has 0 spiro atoms. The molecular weight excluding hydrogens is 302 g/mol. The van der Waals surface area contributed by atoms with Gasteiger partial charge in [-0.3, -0.25) is 4.79 Å². The van der Waals surface area contributed by atoms with Crippen molar-refractivity contribution in [1.29, 1.82) is 0 Å². The quantitative estimate of drug-likeness (QED) is 0.842. The Bertz CT molecular complexity index is 685. The molecule has 1 amide bonds. The molecule has 0 bridgehead atoms. The van der Waals surface area contributed by atoms with E-state index in [0.29, 0.717) is 17.3 Å². The molecule has 2 rings (SSSR count). The Kier molecular flexibility index (Phi) is 5.55. The van der Waals surface area contributed by atoms with Crippen LogP contribution in [0.2, 0.25) is 5.02 Å². The minimum absolute atomic E-state index is 0.246. The lowest BCUT2D eigenvalue weighted by atomic mass is 10.1. The molecule has 0 saturated carbocycles. The lowest BCUT2D eigenvalue weighted by molar-refractivity contribution is 0.0502. The highest BCUT2D eigenvalue weighted by Crippen LogP contribution is 2.17. The van der Waals surface area contributed by atoms with Gasteiger partial charge in [-0.2, -0.15) is 0 Å². The SMILES string of the molecule is CCCOC(=O)c1ccccc1C(=O)Nc1cccc(Cl)c1. The molecule has 2 aromatic carbocycles. The molecular formula is C17H16ClNO3. The molecule has 0 atom stereocenters. The summed E-state index contributed by atoms with van der Waals surface area (Å²) in [5, 5.41) is 3.24. The maximum atomic E-state index is 12.4. The topological polar surface area (TPSA) is 55.4 Å². The summed E-state index contributed by atoms with van der Waals surface area (Å²) in [7, 11) is 0. The van der Waals surface area contributed by atoms with Crippen LogP contribution >= 0.6 is 11.6 Å². The van der Waals surface area contributed by atoms with E-state index in [4.69, 9.17) is 16.3 Å². The monoisotopic (exact) mass is 317 g/mol. The molecule has 0 fully saturated rings. The number of anilines is 1. The molecule has 0 radical (unpaired) electrons. The second-order valence-electron chi connectivity index (χ2n) is 4.65.